The summed E-state index contributed by atoms with van der Waals surface area (Å²) in [5.74, 6) is 0. The minimum absolute atomic E-state index is 0.134. The smallest absolute Gasteiger partial charge is 0.333 e. The van der Waals surface area contributed by atoms with Crippen molar-refractivity contribution in [1.29, 1.82) is 0 Å². The molecule has 1 aromatic rings. The van der Waals surface area contributed by atoms with Gasteiger partial charge in [0, 0.05) is 11.9 Å². The molecular weight excluding hydrogens is 192 g/mol. The van der Waals surface area contributed by atoms with Crippen LogP contribution in [0.5, 0.6) is 6.01 Å². The number of hydrogen-bond acceptors (Lipinski definition) is 5. The molecule has 0 aromatic carbocycles. The van der Waals surface area contributed by atoms with Gasteiger partial charge in [-0.2, -0.15) is 13.4 Å². The molecule has 72 valence electrons. The summed E-state index contributed by atoms with van der Waals surface area (Å²) in [6.45, 7) is 3.59. The summed E-state index contributed by atoms with van der Waals surface area (Å²) in [5.41, 5.74) is 1.59. The molecule has 0 aliphatic rings. The Morgan fingerprint density at radius 3 is 2.46 bits per heavy atom. The van der Waals surface area contributed by atoms with Gasteiger partial charge < -0.3 is 4.18 Å². The second-order valence-electron chi connectivity index (χ2n) is 2.71. The second kappa shape index (κ2) is 3.29. The highest BCUT2D eigenvalue weighted by Crippen LogP contribution is 2.08. The third kappa shape index (κ3) is 2.98. The maximum atomic E-state index is 10.7. The van der Waals surface area contributed by atoms with Crippen LogP contribution in [-0.4, -0.2) is 24.6 Å². The van der Waals surface area contributed by atoms with Gasteiger partial charge in [-0.25, -0.2) is 4.98 Å². The van der Waals surface area contributed by atoms with Crippen molar-refractivity contribution in [2.24, 2.45) is 0 Å². The standard InChI is InChI=1S/C7H10N2O3S/c1-5-4-8-7(9-6(5)2)12-13(3,10)11/h4H,1-3H3. The summed E-state index contributed by atoms with van der Waals surface area (Å²) in [6, 6.07) is -0.134. The van der Waals surface area contributed by atoms with Gasteiger partial charge in [0.1, 0.15) is 0 Å². The second-order valence-corrected chi connectivity index (χ2v) is 4.28. The SMILES string of the molecule is Cc1cnc(OS(C)(=O)=O)nc1C. The lowest BCUT2D eigenvalue weighted by Crippen LogP contribution is -2.09. The van der Waals surface area contributed by atoms with Crippen LogP contribution in [-0.2, 0) is 10.1 Å². The monoisotopic (exact) mass is 202 g/mol. The molecule has 0 fully saturated rings. The van der Waals surface area contributed by atoms with Gasteiger partial charge in [-0.1, -0.05) is 0 Å². The van der Waals surface area contributed by atoms with Crippen molar-refractivity contribution in [2.75, 3.05) is 6.26 Å². The fourth-order valence-electron chi connectivity index (χ4n) is 0.682. The average molecular weight is 202 g/mol. The largest absolute Gasteiger partial charge is 0.343 e. The predicted octanol–water partition coefficient (Wildman–Crippen LogP) is 0.432. The summed E-state index contributed by atoms with van der Waals surface area (Å²) in [5, 5.41) is 0. The highest BCUT2D eigenvalue weighted by Gasteiger charge is 2.07. The van der Waals surface area contributed by atoms with E-state index < -0.39 is 10.1 Å². The van der Waals surface area contributed by atoms with E-state index >= 15 is 0 Å². The van der Waals surface area contributed by atoms with E-state index in [9.17, 15) is 8.42 Å². The molecule has 1 aromatic heterocycles. The summed E-state index contributed by atoms with van der Waals surface area (Å²) >= 11 is 0. The predicted molar refractivity (Wildman–Crippen MR) is 47.0 cm³/mol. The highest BCUT2D eigenvalue weighted by molar-refractivity contribution is 7.86. The van der Waals surface area contributed by atoms with E-state index in [0.29, 0.717) is 5.69 Å². The first-order valence-electron chi connectivity index (χ1n) is 3.58. The highest BCUT2D eigenvalue weighted by atomic mass is 32.2. The number of aryl methyl sites for hydroxylation is 2. The van der Waals surface area contributed by atoms with Crippen molar-refractivity contribution >= 4 is 10.1 Å². The average Bonchev–Trinajstić information content (AvgIpc) is 1.94. The van der Waals surface area contributed by atoms with Gasteiger partial charge in [-0.15, -0.1) is 0 Å². The molecule has 0 amide bonds. The molecule has 0 unspecified atom stereocenters. The van der Waals surface area contributed by atoms with Crippen molar-refractivity contribution < 1.29 is 12.6 Å². The van der Waals surface area contributed by atoms with Crippen LogP contribution in [0.1, 0.15) is 11.3 Å². The molecule has 0 aliphatic carbocycles. The van der Waals surface area contributed by atoms with E-state index in [1.807, 2.05) is 6.92 Å². The molecule has 0 atom stereocenters. The molecule has 6 heteroatoms. The van der Waals surface area contributed by atoms with E-state index in [1.54, 1.807) is 6.92 Å². The molecule has 0 aliphatic heterocycles. The Kier molecular flexibility index (Phi) is 2.51. The van der Waals surface area contributed by atoms with Gasteiger partial charge >= 0.3 is 16.1 Å². The van der Waals surface area contributed by atoms with Crippen molar-refractivity contribution in [3.8, 4) is 6.01 Å². The lowest BCUT2D eigenvalue weighted by molar-refractivity contribution is 0.469. The maximum Gasteiger partial charge on any atom is 0.333 e. The first kappa shape index (κ1) is 9.91. The van der Waals surface area contributed by atoms with Gasteiger partial charge in [0.05, 0.1) is 6.26 Å². The molecule has 0 radical (unpaired) electrons. The van der Waals surface area contributed by atoms with Crippen molar-refractivity contribution in [2.45, 2.75) is 13.8 Å². The Bertz CT molecular complexity index is 414. The van der Waals surface area contributed by atoms with E-state index in [2.05, 4.69) is 14.2 Å². The lowest BCUT2D eigenvalue weighted by atomic mass is 10.3. The van der Waals surface area contributed by atoms with Crippen LogP contribution in [0.25, 0.3) is 0 Å². The number of aromatic nitrogens is 2. The van der Waals surface area contributed by atoms with Crippen molar-refractivity contribution in [3.63, 3.8) is 0 Å². The van der Waals surface area contributed by atoms with Gasteiger partial charge in [-0.05, 0) is 19.4 Å². The van der Waals surface area contributed by atoms with Crippen LogP contribution in [0.2, 0.25) is 0 Å². The lowest BCUT2D eigenvalue weighted by Gasteiger charge is -2.02. The first-order valence-corrected chi connectivity index (χ1v) is 5.40. The summed E-state index contributed by atoms with van der Waals surface area (Å²) in [7, 11) is -3.53. The van der Waals surface area contributed by atoms with Crippen LogP contribution in [0, 0.1) is 13.8 Å². The third-order valence-corrected chi connectivity index (χ3v) is 1.88. The van der Waals surface area contributed by atoms with Gasteiger partial charge in [0.15, 0.2) is 0 Å². The number of nitrogens with zero attached hydrogens (tertiary/aromatic N) is 2. The molecule has 0 N–H and O–H groups in total. The fraction of sp³-hybridized carbons (Fsp3) is 0.429. The van der Waals surface area contributed by atoms with Crippen LogP contribution in [0.15, 0.2) is 6.20 Å². The minimum atomic E-state index is -3.53. The van der Waals surface area contributed by atoms with E-state index in [4.69, 9.17) is 0 Å². The number of hydrogen-bond donors (Lipinski definition) is 0. The topological polar surface area (TPSA) is 69.2 Å². The Morgan fingerprint density at radius 1 is 1.38 bits per heavy atom. The van der Waals surface area contributed by atoms with Gasteiger partial charge in [0.25, 0.3) is 0 Å². The first-order chi connectivity index (χ1) is 5.88. The molecule has 13 heavy (non-hydrogen) atoms. The number of rotatable bonds is 2. The van der Waals surface area contributed by atoms with Crippen LogP contribution in [0.4, 0.5) is 0 Å². The third-order valence-electron chi connectivity index (χ3n) is 1.43. The molecule has 1 heterocycles. The molecule has 0 saturated carbocycles. The van der Waals surface area contributed by atoms with Crippen molar-refractivity contribution in [3.05, 3.63) is 17.5 Å². The molecular formula is C7H10N2O3S. The quantitative estimate of drug-likeness (QED) is 0.650. The zero-order chi connectivity index (χ0) is 10.1. The van der Waals surface area contributed by atoms with E-state index in [-0.39, 0.29) is 6.01 Å². The van der Waals surface area contributed by atoms with E-state index in [1.165, 1.54) is 6.20 Å². The Balaban J connectivity index is 2.99. The summed E-state index contributed by atoms with van der Waals surface area (Å²) in [4.78, 5) is 7.56. The molecule has 0 spiro atoms. The van der Waals surface area contributed by atoms with Crippen LogP contribution >= 0.6 is 0 Å². The Morgan fingerprint density at radius 2 is 2.00 bits per heavy atom. The maximum absolute atomic E-state index is 10.7. The minimum Gasteiger partial charge on any atom is -0.343 e. The normalized spacial score (nSPS) is 11.3. The van der Waals surface area contributed by atoms with Gasteiger partial charge in [-0.3, -0.25) is 0 Å². The van der Waals surface area contributed by atoms with E-state index in [0.717, 1.165) is 11.8 Å². The Hall–Kier alpha value is -1.17. The Labute approximate surface area is 76.9 Å². The molecule has 5 nitrogen and oxygen atoms in total. The molecule has 0 saturated heterocycles. The van der Waals surface area contributed by atoms with Crippen LogP contribution in [0.3, 0.4) is 0 Å². The summed E-state index contributed by atoms with van der Waals surface area (Å²) < 4.78 is 25.9. The molecule has 0 bridgehead atoms. The fourth-order valence-corrected chi connectivity index (χ4v) is 1.03. The zero-order valence-corrected chi connectivity index (χ0v) is 8.42. The zero-order valence-electron chi connectivity index (χ0n) is 7.60. The van der Waals surface area contributed by atoms with Gasteiger partial charge in [0.2, 0.25) is 0 Å². The van der Waals surface area contributed by atoms with Crippen molar-refractivity contribution in [1.82, 2.24) is 9.97 Å². The van der Waals surface area contributed by atoms with Crippen LogP contribution < -0.4 is 4.18 Å². The molecule has 1 rings (SSSR count). The summed E-state index contributed by atoms with van der Waals surface area (Å²) in [6.07, 6.45) is 2.47.